The molecule has 0 aromatic heterocycles. The first kappa shape index (κ1) is 15.6. The summed E-state index contributed by atoms with van der Waals surface area (Å²) >= 11 is 0. The third kappa shape index (κ3) is 4.01. The number of rotatable bonds is 6. The first-order valence-corrected chi connectivity index (χ1v) is 6.17. The van der Waals surface area contributed by atoms with Crippen molar-refractivity contribution in [3.05, 3.63) is 36.9 Å². The molecule has 1 rings (SSSR count). The quantitative estimate of drug-likeness (QED) is 0.779. The molecule has 0 aliphatic heterocycles. The zero-order chi connectivity index (χ0) is 15.1. The van der Waals surface area contributed by atoms with Gasteiger partial charge in [0.05, 0.1) is 0 Å². The molecule has 2 N–H and O–H groups in total. The maximum atomic E-state index is 12.4. The van der Waals surface area contributed by atoms with Crippen molar-refractivity contribution in [2.24, 2.45) is 0 Å². The van der Waals surface area contributed by atoms with Crippen molar-refractivity contribution in [1.29, 1.82) is 0 Å². The van der Waals surface area contributed by atoms with Gasteiger partial charge in [-0.1, -0.05) is 6.08 Å². The number of anilines is 1. The van der Waals surface area contributed by atoms with Crippen LogP contribution >= 0.6 is 0 Å². The van der Waals surface area contributed by atoms with Crippen molar-refractivity contribution in [3.8, 4) is 5.75 Å². The number of carboxylic acid groups (broad SMARTS) is 1. The molecule has 0 spiro atoms. The minimum atomic E-state index is -1.11. The summed E-state index contributed by atoms with van der Waals surface area (Å²) in [6, 6.07) is 5.39. The Bertz CT molecular complexity index is 484. The Morgan fingerprint density at radius 2 is 1.90 bits per heavy atom. The molecule has 0 aliphatic carbocycles. The molecule has 6 heteroatoms. The first-order valence-electron chi connectivity index (χ1n) is 6.17. The Morgan fingerprint density at radius 1 is 1.30 bits per heavy atom. The van der Waals surface area contributed by atoms with Gasteiger partial charge in [0.2, 0.25) is 0 Å². The van der Waals surface area contributed by atoms with Crippen molar-refractivity contribution in [3.63, 3.8) is 0 Å². The number of carbonyl (C=O) groups excluding carboxylic acids is 1. The van der Waals surface area contributed by atoms with Crippen LogP contribution in [0.25, 0.3) is 0 Å². The molecule has 0 fully saturated rings. The average molecular weight is 278 g/mol. The zero-order valence-corrected chi connectivity index (χ0v) is 11.3. The smallest absolute Gasteiger partial charge is 0.325 e. The summed E-state index contributed by atoms with van der Waals surface area (Å²) in [7, 11) is 0. The lowest BCUT2D eigenvalue weighted by atomic mass is 10.2. The number of hydrogen-bond donors (Lipinski definition) is 2. The number of urea groups is 1. The molecule has 0 unspecified atom stereocenters. The van der Waals surface area contributed by atoms with Crippen LogP contribution in [0.4, 0.5) is 10.5 Å². The van der Waals surface area contributed by atoms with Gasteiger partial charge in [-0.25, -0.2) is 4.79 Å². The Morgan fingerprint density at radius 3 is 2.35 bits per heavy atom. The highest BCUT2D eigenvalue weighted by atomic mass is 16.4. The van der Waals surface area contributed by atoms with Crippen LogP contribution in [-0.2, 0) is 4.79 Å². The molecular weight excluding hydrogens is 260 g/mol. The maximum absolute atomic E-state index is 12.4. The lowest BCUT2D eigenvalue weighted by molar-refractivity contribution is -0.135. The third-order valence-corrected chi connectivity index (χ3v) is 2.69. The van der Waals surface area contributed by atoms with Crippen molar-refractivity contribution in [2.45, 2.75) is 6.92 Å². The molecule has 0 aliphatic rings. The van der Waals surface area contributed by atoms with Gasteiger partial charge in [-0.15, -0.1) is 6.58 Å². The summed E-state index contributed by atoms with van der Waals surface area (Å²) in [4.78, 5) is 25.9. The molecule has 2 amide bonds. The number of hydrogen-bond acceptors (Lipinski definition) is 3. The maximum Gasteiger partial charge on any atom is 0.325 e. The van der Waals surface area contributed by atoms with Gasteiger partial charge >= 0.3 is 12.0 Å². The van der Waals surface area contributed by atoms with E-state index in [-0.39, 0.29) is 5.75 Å². The fraction of sp³-hybridized carbons (Fsp3) is 0.286. The van der Waals surface area contributed by atoms with Gasteiger partial charge in [0.15, 0.2) is 0 Å². The highest BCUT2D eigenvalue weighted by Gasteiger charge is 2.22. The predicted octanol–water partition coefficient (Wildman–Crippen LogP) is 1.91. The Kier molecular flexibility index (Phi) is 5.58. The van der Waals surface area contributed by atoms with Gasteiger partial charge in [-0.05, 0) is 31.2 Å². The van der Waals surface area contributed by atoms with E-state index in [2.05, 4.69) is 6.58 Å². The van der Waals surface area contributed by atoms with Crippen molar-refractivity contribution >= 4 is 17.7 Å². The van der Waals surface area contributed by atoms with Crippen LogP contribution in [0.5, 0.6) is 5.75 Å². The molecule has 0 saturated carbocycles. The second-order valence-electron chi connectivity index (χ2n) is 4.11. The Balaban J connectivity index is 3.04. The summed E-state index contributed by atoms with van der Waals surface area (Å²) in [6.45, 7) is 5.71. The Labute approximate surface area is 117 Å². The number of phenols is 1. The molecule has 108 valence electrons. The number of likely N-dealkylation sites (N-methyl/N-ethyl adjacent to an activating group) is 1. The lowest BCUT2D eigenvalue weighted by Crippen LogP contribution is -2.45. The topological polar surface area (TPSA) is 81.1 Å². The summed E-state index contributed by atoms with van der Waals surface area (Å²) in [6.07, 6.45) is 1.58. The fourth-order valence-electron chi connectivity index (χ4n) is 1.71. The van der Waals surface area contributed by atoms with Crippen LogP contribution in [-0.4, -0.2) is 46.7 Å². The highest BCUT2D eigenvalue weighted by molar-refractivity contribution is 5.96. The minimum Gasteiger partial charge on any atom is -0.508 e. The second kappa shape index (κ2) is 7.18. The highest BCUT2D eigenvalue weighted by Crippen LogP contribution is 2.19. The van der Waals surface area contributed by atoms with E-state index in [1.54, 1.807) is 13.0 Å². The molecule has 0 saturated heterocycles. The van der Waals surface area contributed by atoms with E-state index in [1.807, 2.05) is 0 Å². The first-order chi connectivity index (χ1) is 9.49. The summed E-state index contributed by atoms with van der Waals surface area (Å²) in [5, 5.41) is 18.2. The van der Waals surface area contributed by atoms with Gasteiger partial charge in [-0.2, -0.15) is 0 Å². The standard InChI is InChI=1S/C14H18N2O4/c1-3-9-15(4-2)14(20)16(10-13(18)19)11-5-7-12(17)8-6-11/h3,5-8,17H,1,4,9-10H2,2H3,(H,18,19). The van der Waals surface area contributed by atoms with Crippen molar-refractivity contribution in [2.75, 3.05) is 24.5 Å². The molecule has 0 atom stereocenters. The fourth-order valence-corrected chi connectivity index (χ4v) is 1.71. The number of benzene rings is 1. The molecule has 1 aromatic rings. The summed E-state index contributed by atoms with van der Waals surface area (Å²) in [5.41, 5.74) is 0.415. The number of aliphatic carboxylic acids is 1. The van der Waals surface area contributed by atoms with E-state index >= 15 is 0 Å². The number of amides is 2. The van der Waals surface area contributed by atoms with Crippen LogP contribution in [0.3, 0.4) is 0 Å². The van der Waals surface area contributed by atoms with Crippen molar-refractivity contribution in [1.82, 2.24) is 4.90 Å². The van der Waals surface area contributed by atoms with Gasteiger partial charge in [-0.3, -0.25) is 9.69 Å². The summed E-state index contributed by atoms with van der Waals surface area (Å²) < 4.78 is 0. The van der Waals surface area contributed by atoms with Gasteiger partial charge in [0.25, 0.3) is 0 Å². The SMILES string of the molecule is C=CCN(CC)C(=O)N(CC(=O)O)c1ccc(O)cc1. The van der Waals surface area contributed by atoms with E-state index in [4.69, 9.17) is 5.11 Å². The Hall–Kier alpha value is -2.50. The van der Waals surface area contributed by atoms with E-state index in [1.165, 1.54) is 29.2 Å². The molecule has 0 heterocycles. The molecule has 6 nitrogen and oxygen atoms in total. The number of phenolic OH excluding ortho intramolecular Hbond substituents is 1. The van der Waals surface area contributed by atoms with Crippen LogP contribution in [0.2, 0.25) is 0 Å². The van der Waals surface area contributed by atoms with Crippen LogP contribution in [0, 0.1) is 0 Å². The summed E-state index contributed by atoms with van der Waals surface area (Å²) in [5.74, 6) is -1.06. The van der Waals surface area contributed by atoms with Gasteiger partial charge in [0, 0.05) is 18.8 Å². The number of nitrogens with zero attached hydrogens (tertiary/aromatic N) is 2. The second-order valence-corrected chi connectivity index (χ2v) is 4.11. The molecule has 0 bridgehead atoms. The van der Waals surface area contributed by atoms with Crippen LogP contribution < -0.4 is 4.90 Å². The van der Waals surface area contributed by atoms with Crippen LogP contribution in [0.15, 0.2) is 36.9 Å². The number of carboxylic acids is 1. The van der Waals surface area contributed by atoms with E-state index < -0.39 is 18.5 Å². The zero-order valence-electron chi connectivity index (χ0n) is 11.3. The van der Waals surface area contributed by atoms with E-state index in [0.29, 0.717) is 18.8 Å². The largest absolute Gasteiger partial charge is 0.508 e. The minimum absolute atomic E-state index is 0.0508. The van der Waals surface area contributed by atoms with Crippen LogP contribution in [0.1, 0.15) is 6.92 Å². The van der Waals surface area contributed by atoms with E-state index in [0.717, 1.165) is 4.90 Å². The molecule has 1 aromatic carbocycles. The third-order valence-electron chi connectivity index (χ3n) is 2.69. The molecule has 20 heavy (non-hydrogen) atoms. The number of aromatic hydroxyl groups is 1. The normalized spacial score (nSPS) is 9.85. The van der Waals surface area contributed by atoms with Gasteiger partial charge in [0.1, 0.15) is 12.3 Å². The number of carbonyl (C=O) groups is 2. The lowest BCUT2D eigenvalue weighted by Gasteiger charge is -2.28. The van der Waals surface area contributed by atoms with Crippen molar-refractivity contribution < 1.29 is 19.8 Å². The molecular formula is C14H18N2O4. The predicted molar refractivity (Wildman–Crippen MR) is 75.9 cm³/mol. The average Bonchev–Trinajstić information content (AvgIpc) is 2.42. The molecule has 0 radical (unpaired) electrons. The van der Waals surface area contributed by atoms with Gasteiger partial charge < -0.3 is 15.1 Å². The van der Waals surface area contributed by atoms with E-state index in [9.17, 15) is 14.7 Å². The monoisotopic (exact) mass is 278 g/mol.